The van der Waals surface area contributed by atoms with Gasteiger partial charge in [0.1, 0.15) is 0 Å². The van der Waals surface area contributed by atoms with Crippen molar-refractivity contribution in [3.8, 4) is 0 Å². The minimum absolute atomic E-state index is 0.00453. The molecule has 0 aliphatic heterocycles. The third-order valence-corrected chi connectivity index (χ3v) is 3.94. The molecular formula is C17H16BrN. The highest BCUT2D eigenvalue weighted by atomic mass is 79.9. The van der Waals surface area contributed by atoms with Crippen LogP contribution >= 0.6 is 15.9 Å². The molecule has 0 spiro atoms. The first kappa shape index (κ1) is 13.6. The number of para-hydroxylation sites is 1. The van der Waals surface area contributed by atoms with Gasteiger partial charge in [-0.3, -0.25) is 0 Å². The largest absolute Gasteiger partial charge is 0.358 e. The lowest BCUT2D eigenvalue weighted by atomic mass is 10.0. The summed E-state index contributed by atoms with van der Waals surface area (Å²) in [6.45, 7) is 8.22. The minimum Gasteiger partial charge on any atom is -0.358 e. The summed E-state index contributed by atoms with van der Waals surface area (Å²) >= 11 is 3.64. The number of rotatable bonds is 5. The van der Waals surface area contributed by atoms with Crippen LogP contribution in [0.15, 0.2) is 79.5 Å². The van der Waals surface area contributed by atoms with Gasteiger partial charge in [0, 0.05) is 11.4 Å². The van der Waals surface area contributed by atoms with E-state index < -0.39 is 0 Å². The molecule has 1 nitrogen and oxygen atoms in total. The number of nitrogens with one attached hydrogen (secondary N) is 1. The number of anilines is 1. The molecule has 0 saturated carbocycles. The highest BCUT2D eigenvalue weighted by molar-refractivity contribution is 9.10. The molecule has 2 aromatic rings. The molecule has 0 fully saturated rings. The first-order chi connectivity index (χ1) is 9.18. The highest BCUT2D eigenvalue weighted by Gasteiger charge is 2.14. The van der Waals surface area contributed by atoms with Crippen molar-refractivity contribution in [2.45, 2.75) is 4.83 Å². The second-order valence-electron chi connectivity index (χ2n) is 4.27. The number of alkyl halides is 1. The Balaban J connectivity index is 2.06. The van der Waals surface area contributed by atoms with Gasteiger partial charge >= 0.3 is 0 Å². The van der Waals surface area contributed by atoms with Crippen LogP contribution in [-0.2, 0) is 0 Å². The molecule has 1 N–H and O–H groups in total. The second kappa shape index (κ2) is 6.39. The predicted molar refractivity (Wildman–Crippen MR) is 87.4 cm³/mol. The first-order valence-electron chi connectivity index (χ1n) is 6.07. The lowest BCUT2D eigenvalue weighted by molar-refractivity contribution is 1.28. The topological polar surface area (TPSA) is 12.0 Å². The van der Waals surface area contributed by atoms with Crippen molar-refractivity contribution in [3.05, 3.63) is 85.1 Å². The van der Waals surface area contributed by atoms with Crippen LogP contribution in [0.5, 0.6) is 0 Å². The van der Waals surface area contributed by atoms with E-state index in [4.69, 9.17) is 0 Å². The Kier molecular flexibility index (Phi) is 4.58. The molecule has 0 aromatic heterocycles. The van der Waals surface area contributed by atoms with Crippen LogP contribution in [0.1, 0.15) is 5.56 Å². The van der Waals surface area contributed by atoms with Gasteiger partial charge in [0.2, 0.25) is 0 Å². The van der Waals surface area contributed by atoms with E-state index in [2.05, 4.69) is 34.4 Å². The number of halogens is 1. The zero-order valence-electron chi connectivity index (χ0n) is 10.6. The second-order valence-corrected chi connectivity index (χ2v) is 5.19. The van der Waals surface area contributed by atoms with Crippen molar-refractivity contribution >= 4 is 27.2 Å². The molecule has 1 unspecified atom stereocenters. The van der Waals surface area contributed by atoms with Crippen LogP contribution in [0.4, 0.5) is 5.69 Å². The van der Waals surface area contributed by atoms with Gasteiger partial charge in [-0.05, 0) is 23.3 Å². The van der Waals surface area contributed by atoms with E-state index in [1.807, 2.05) is 60.7 Å². The monoisotopic (exact) mass is 313 g/mol. The van der Waals surface area contributed by atoms with E-state index in [1.165, 1.54) is 0 Å². The van der Waals surface area contributed by atoms with Crippen LogP contribution in [-0.4, -0.2) is 4.83 Å². The van der Waals surface area contributed by atoms with Gasteiger partial charge in [0.15, 0.2) is 0 Å². The molecule has 0 saturated heterocycles. The molecule has 0 aliphatic carbocycles. The minimum atomic E-state index is -0.00453. The van der Waals surface area contributed by atoms with Gasteiger partial charge in [-0.15, -0.1) is 0 Å². The molecule has 2 rings (SSSR count). The predicted octanol–water partition coefficient (Wildman–Crippen LogP) is 5.09. The summed E-state index contributed by atoms with van der Waals surface area (Å²) in [6.07, 6.45) is 0. The molecule has 1 atom stereocenters. The maximum Gasteiger partial charge on any atom is 0.0788 e. The fraction of sp³-hybridized carbons (Fsp3) is 0.0588. The SMILES string of the molecule is C=C(Nc1ccccc1)C(Br)C(=C)c1ccccc1. The van der Waals surface area contributed by atoms with Crippen molar-refractivity contribution in [2.75, 3.05) is 5.32 Å². The highest BCUT2D eigenvalue weighted by Crippen LogP contribution is 2.27. The summed E-state index contributed by atoms with van der Waals surface area (Å²) in [5.74, 6) is 0. The molecule has 96 valence electrons. The number of benzene rings is 2. The van der Waals surface area contributed by atoms with E-state index in [0.29, 0.717) is 0 Å². The van der Waals surface area contributed by atoms with Gasteiger partial charge in [0.25, 0.3) is 0 Å². The van der Waals surface area contributed by atoms with E-state index in [-0.39, 0.29) is 4.83 Å². The average Bonchev–Trinajstić information content (AvgIpc) is 2.47. The van der Waals surface area contributed by atoms with Gasteiger partial charge in [-0.2, -0.15) is 0 Å². The normalized spacial score (nSPS) is 11.6. The Morgan fingerprint density at radius 3 is 2.00 bits per heavy atom. The number of hydrogen-bond donors (Lipinski definition) is 1. The third-order valence-electron chi connectivity index (χ3n) is 2.84. The van der Waals surface area contributed by atoms with Crippen LogP contribution in [0.2, 0.25) is 0 Å². The summed E-state index contributed by atoms with van der Waals surface area (Å²) in [6, 6.07) is 20.1. The van der Waals surface area contributed by atoms with Crippen LogP contribution < -0.4 is 5.32 Å². The zero-order chi connectivity index (χ0) is 13.7. The fourth-order valence-electron chi connectivity index (χ4n) is 1.78. The quantitative estimate of drug-likeness (QED) is 0.758. The molecule has 0 bridgehead atoms. The molecule has 2 aromatic carbocycles. The van der Waals surface area contributed by atoms with Gasteiger partial charge in [-0.1, -0.05) is 77.6 Å². The van der Waals surface area contributed by atoms with Gasteiger partial charge in [-0.25, -0.2) is 0 Å². The van der Waals surface area contributed by atoms with Crippen LogP contribution in [0, 0.1) is 0 Å². The van der Waals surface area contributed by atoms with Crippen molar-refractivity contribution < 1.29 is 0 Å². The fourth-order valence-corrected chi connectivity index (χ4v) is 2.16. The van der Waals surface area contributed by atoms with E-state index >= 15 is 0 Å². The maximum absolute atomic E-state index is 4.14. The molecule has 2 heteroatoms. The van der Waals surface area contributed by atoms with E-state index in [0.717, 1.165) is 22.5 Å². The molecule has 0 amide bonds. The lowest BCUT2D eigenvalue weighted by Crippen LogP contribution is -2.11. The Morgan fingerprint density at radius 2 is 1.42 bits per heavy atom. The average molecular weight is 314 g/mol. The Morgan fingerprint density at radius 1 is 0.895 bits per heavy atom. The van der Waals surface area contributed by atoms with Crippen LogP contribution in [0.25, 0.3) is 5.57 Å². The molecule has 0 radical (unpaired) electrons. The van der Waals surface area contributed by atoms with E-state index in [1.54, 1.807) is 0 Å². The standard InChI is InChI=1S/C17H16BrN/c1-13(15-9-5-3-6-10-15)17(18)14(2)19-16-11-7-4-8-12-16/h3-12,17,19H,1-2H2. The summed E-state index contributed by atoms with van der Waals surface area (Å²) in [4.78, 5) is -0.00453. The number of allylic oxidation sites excluding steroid dienone is 1. The Bertz CT molecular complexity index is 560. The van der Waals surface area contributed by atoms with Crippen molar-refractivity contribution in [3.63, 3.8) is 0 Å². The maximum atomic E-state index is 4.14. The van der Waals surface area contributed by atoms with Gasteiger partial charge in [0.05, 0.1) is 4.83 Å². The smallest absolute Gasteiger partial charge is 0.0788 e. The van der Waals surface area contributed by atoms with Crippen LogP contribution in [0.3, 0.4) is 0 Å². The van der Waals surface area contributed by atoms with Crippen molar-refractivity contribution in [1.29, 1.82) is 0 Å². The number of hydrogen-bond acceptors (Lipinski definition) is 1. The summed E-state index contributed by atoms with van der Waals surface area (Å²) < 4.78 is 0. The molecule has 0 aliphatic rings. The summed E-state index contributed by atoms with van der Waals surface area (Å²) in [7, 11) is 0. The molecule has 19 heavy (non-hydrogen) atoms. The summed E-state index contributed by atoms with van der Waals surface area (Å²) in [5, 5.41) is 3.29. The lowest BCUT2D eigenvalue weighted by Gasteiger charge is -2.18. The summed E-state index contributed by atoms with van der Waals surface area (Å²) in [5.41, 5.74) is 4.01. The van der Waals surface area contributed by atoms with E-state index in [9.17, 15) is 0 Å². The Hall–Kier alpha value is -1.80. The van der Waals surface area contributed by atoms with Crippen molar-refractivity contribution in [1.82, 2.24) is 0 Å². The third kappa shape index (κ3) is 3.58. The zero-order valence-corrected chi connectivity index (χ0v) is 12.2. The first-order valence-corrected chi connectivity index (χ1v) is 6.99. The van der Waals surface area contributed by atoms with Gasteiger partial charge < -0.3 is 5.32 Å². The molecular weight excluding hydrogens is 298 g/mol. The van der Waals surface area contributed by atoms with Crippen molar-refractivity contribution in [2.24, 2.45) is 0 Å². The Labute approximate surface area is 122 Å². The molecule has 0 heterocycles.